The molecule has 3 aromatic rings. The van der Waals surface area contributed by atoms with Crippen LogP contribution in [0.15, 0.2) is 48.7 Å². The number of esters is 1. The van der Waals surface area contributed by atoms with Crippen molar-refractivity contribution in [2.75, 3.05) is 24.4 Å². The molecule has 2 N–H and O–H groups in total. The number of rotatable bonds is 7. The van der Waals surface area contributed by atoms with Crippen molar-refractivity contribution in [2.45, 2.75) is 6.92 Å². The van der Waals surface area contributed by atoms with Crippen molar-refractivity contribution in [3.63, 3.8) is 0 Å². The largest absolute Gasteiger partial charge is 0.492 e. The maximum absolute atomic E-state index is 11.7. The third kappa shape index (κ3) is 4.66. The lowest BCUT2D eigenvalue weighted by Crippen LogP contribution is -2.05. The van der Waals surface area contributed by atoms with Gasteiger partial charge in [-0.1, -0.05) is 23.7 Å². The number of benzene rings is 2. The predicted molar refractivity (Wildman–Crippen MR) is 107 cm³/mol. The Morgan fingerprint density at radius 2 is 1.96 bits per heavy atom. The zero-order valence-corrected chi connectivity index (χ0v) is 16.0. The highest BCUT2D eigenvalue weighted by Crippen LogP contribution is 2.28. The van der Waals surface area contributed by atoms with E-state index < -0.39 is 5.97 Å². The highest BCUT2D eigenvalue weighted by atomic mass is 35.5. The molecule has 8 nitrogen and oxygen atoms in total. The zero-order valence-electron chi connectivity index (χ0n) is 15.3. The van der Waals surface area contributed by atoms with E-state index >= 15 is 0 Å². The third-order valence-corrected chi connectivity index (χ3v) is 3.97. The molecule has 1 heterocycles. The Morgan fingerprint density at radius 3 is 2.75 bits per heavy atom. The van der Waals surface area contributed by atoms with Gasteiger partial charge >= 0.3 is 5.97 Å². The molecule has 9 heteroatoms. The second kappa shape index (κ2) is 9.01. The molecular weight excluding hydrogens is 382 g/mol. The standard InChI is InChI=1S/C19H18ClN5O3/c1-3-28-16-7-5-4-6-14(16)22-17-11-21-25-19(24-17)23-15-10-12(18(26)27-2)8-9-13(15)20/h4-11H,3H2,1-2H3,(H2,22,23,24,25). The van der Waals surface area contributed by atoms with Crippen molar-refractivity contribution in [3.05, 3.63) is 59.2 Å². The van der Waals surface area contributed by atoms with Gasteiger partial charge in [-0.3, -0.25) is 0 Å². The van der Waals surface area contributed by atoms with Gasteiger partial charge in [0.2, 0.25) is 5.95 Å². The van der Waals surface area contributed by atoms with E-state index in [2.05, 4.69) is 25.8 Å². The van der Waals surface area contributed by atoms with E-state index in [1.54, 1.807) is 18.2 Å². The molecule has 0 fully saturated rings. The monoisotopic (exact) mass is 399 g/mol. The van der Waals surface area contributed by atoms with Gasteiger partial charge in [0.25, 0.3) is 0 Å². The van der Waals surface area contributed by atoms with Crippen molar-refractivity contribution in [2.24, 2.45) is 0 Å². The Labute approximate surface area is 166 Å². The summed E-state index contributed by atoms with van der Waals surface area (Å²) in [6.07, 6.45) is 1.49. The average molecular weight is 400 g/mol. The van der Waals surface area contributed by atoms with Crippen LogP contribution < -0.4 is 15.4 Å². The van der Waals surface area contributed by atoms with Crippen LogP contribution in [0.5, 0.6) is 5.75 Å². The second-order valence-corrected chi connectivity index (χ2v) is 5.94. The molecule has 0 aliphatic rings. The molecule has 1 aromatic heterocycles. The van der Waals surface area contributed by atoms with E-state index in [0.29, 0.717) is 34.4 Å². The first-order chi connectivity index (χ1) is 13.6. The number of hydrogen-bond acceptors (Lipinski definition) is 8. The molecule has 0 unspecified atom stereocenters. The fourth-order valence-electron chi connectivity index (χ4n) is 2.39. The maximum Gasteiger partial charge on any atom is 0.337 e. The number of para-hydroxylation sites is 2. The minimum Gasteiger partial charge on any atom is -0.492 e. The quantitative estimate of drug-likeness (QED) is 0.570. The van der Waals surface area contributed by atoms with E-state index in [9.17, 15) is 4.79 Å². The average Bonchev–Trinajstić information content (AvgIpc) is 2.71. The van der Waals surface area contributed by atoms with Crippen molar-refractivity contribution in [1.82, 2.24) is 15.2 Å². The fraction of sp³-hybridized carbons (Fsp3) is 0.158. The highest BCUT2D eigenvalue weighted by Gasteiger charge is 2.11. The summed E-state index contributed by atoms with van der Waals surface area (Å²) in [6.45, 7) is 2.46. The molecule has 0 spiro atoms. The number of methoxy groups -OCH3 is 1. The smallest absolute Gasteiger partial charge is 0.337 e. The molecule has 0 aliphatic heterocycles. The van der Waals surface area contributed by atoms with Gasteiger partial charge in [0.05, 0.1) is 41.9 Å². The molecule has 3 rings (SSSR count). The van der Waals surface area contributed by atoms with Crippen LogP contribution in [0.1, 0.15) is 17.3 Å². The first kappa shape index (κ1) is 19.4. The molecule has 0 atom stereocenters. The lowest BCUT2D eigenvalue weighted by atomic mass is 10.2. The molecule has 144 valence electrons. The number of carbonyl (C=O) groups excluding carboxylic acids is 1. The van der Waals surface area contributed by atoms with Crippen LogP contribution in [0.2, 0.25) is 5.02 Å². The summed E-state index contributed by atoms with van der Waals surface area (Å²) in [5, 5.41) is 14.4. The predicted octanol–water partition coefficient (Wildman–Crippen LogP) is 4.20. The minimum absolute atomic E-state index is 0.211. The van der Waals surface area contributed by atoms with E-state index in [1.165, 1.54) is 13.3 Å². The number of hydrogen-bond donors (Lipinski definition) is 2. The molecule has 28 heavy (non-hydrogen) atoms. The first-order valence-electron chi connectivity index (χ1n) is 8.44. The summed E-state index contributed by atoms with van der Waals surface area (Å²) < 4.78 is 10.3. The third-order valence-electron chi connectivity index (χ3n) is 3.64. The van der Waals surface area contributed by atoms with E-state index in [0.717, 1.165) is 5.69 Å². The topological polar surface area (TPSA) is 98.3 Å². The van der Waals surface area contributed by atoms with E-state index in [4.69, 9.17) is 21.1 Å². The Balaban J connectivity index is 1.82. The van der Waals surface area contributed by atoms with Crippen LogP contribution in [0.25, 0.3) is 0 Å². The first-order valence-corrected chi connectivity index (χ1v) is 8.82. The van der Waals surface area contributed by atoms with Gasteiger partial charge in [-0.05, 0) is 37.3 Å². The Morgan fingerprint density at radius 1 is 1.14 bits per heavy atom. The second-order valence-electron chi connectivity index (χ2n) is 5.53. The number of nitrogens with one attached hydrogen (secondary N) is 2. The van der Waals surface area contributed by atoms with Crippen molar-refractivity contribution in [1.29, 1.82) is 0 Å². The van der Waals surface area contributed by atoms with Crippen LogP contribution in [0, 0.1) is 0 Å². The molecule has 0 saturated carbocycles. The van der Waals surface area contributed by atoms with E-state index in [1.807, 2.05) is 31.2 Å². The SMILES string of the molecule is CCOc1ccccc1Nc1cnnc(Nc2cc(C(=O)OC)ccc2Cl)n1. The number of anilines is 4. The molecule has 0 aliphatic carbocycles. The Hall–Kier alpha value is -3.39. The van der Waals surface area contributed by atoms with Crippen LogP contribution >= 0.6 is 11.6 Å². The minimum atomic E-state index is -0.471. The molecule has 0 saturated heterocycles. The zero-order chi connectivity index (χ0) is 19.9. The van der Waals surface area contributed by atoms with Gasteiger partial charge in [0.1, 0.15) is 5.75 Å². The summed E-state index contributed by atoms with van der Waals surface area (Å²) >= 11 is 6.20. The lowest BCUT2D eigenvalue weighted by molar-refractivity contribution is 0.0601. The molecule has 2 aromatic carbocycles. The van der Waals surface area contributed by atoms with Gasteiger partial charge in [-0.15, -0.1) is 5.10 Å². The number of aromatic nitrogens is 3. The lowest BCUT2D eigenvalue weighted by Gasteiger charge is -2.12. The summed E-state index contributed by atoms with van der Waals surface area (Å²) in [4.78, 5) is 16.1. The van der Waals surface area contributed by atoms with Crippen LogP contribution in [0.3, 0.4) is 0 Å². The van der Waals surface area contributed by atoms with Crippen LogP contribution in [-0.4, -0.2) is 34.9 Å². The summed E-state index contributed by atoms with van der Waals surface area (Å²) in [5.41, 5.74) is 1.56. The van der Waals surface area contributed by atoms with Gasteiger partial charge in [-0.25, -0.2) is 4.79 Å². The number of halogens is 1. The molecule has 0 bridgehead atoms. The summed E-state index contributed by atoms with van der Waals surface area (Å²) in [7, 11) is 1.31. The number of carbonyl (C=O) groups is 1. The molecule has 0 radical (unpaired) electrons. The molecular formula is C19H18ClN5O3. The van der Waals surface area contributed by atoms with Crippen LogP contribution in [-0.2, 0) is 4.74 Å². The van der Waals surface area contributed by atoms with Crippen molar-refractivity contribution in [3.8, 4) is 5.75 Å². The van der Waals surface area contributed by atoms with Gasteiger partial charge < -0.3 is 20.1 Å². The van der Waals surface area contributed by atoms with Crippen molar-refractivity contribution >= 4 is 40.7 Å². The normalized spacial score (nSPS) is 10.2. The highest BCUT2D eigenvalue weighted by molar-refractivity contribution is 6.33. The fourth-order valence-corrected chi connectivity index (χ4v) is 2.56. The maximum atomic E-state index is 11.7. The Kier molecular flexibility index (Phi) is 6.23. The number of ether oxygens (including phenoxy) is 2. The van der Waals surface area contributed by atoms with E-state index in [-0.39, 0.29) is 5.95 Å². The summed E-state index contributed by atoms with van der Waals surface area (Å²) in [6, 6.07) is 12.2. The number of nitrogens with zero attached hydrogens (tertiary/aromatic N) is 3. The van der Waals surface area contributed by atoms with Gasteiger partial charge in [0, 0.05) is 0 Å². The van der Waals surface area contributed by atoms with Crippen LogP contribution in [0.4, 0.5) is 23.1 Å². The van der Waals surface area contributed by atoms with Gasteiger partial charge in [0.15, 0.2) is 5.82 Å². The Bertz CT molecular complexity index is 983. The summed E-state index contributed by atoms with van der Waals surface area (Å²) in [5.74, 6) is 0.904. The van der Waals surface area contributed by atoms with Gasteiger partial charge in [-0.2, -0.15) is 10.1 Å². The molecule has 0 amide bonds. The van der Waals surface area contributed by atoms with Crippen molar-refractivity contribution < 1.29 is 14.3 Å².